The molecule has 0 atom stereocenters. The van der Waals surface area contributed by atoms with E-state index < -0.39 is 0 Å². The lowest BCUT2D eigenvalue weighted by Gasteiger charge is -2.12. The molecule has 0 aliphatic heterocycles. The third kappa shape index (κ3) is 2.70. The minimum Gasteiger partial charge on any atom is -0.242 e. The van der Waals surface area contributed by atoms with Gasteiger partial charge in [-0.15, -0.1) is 0 Å². The molecule has 0 spiro atoms. The topological polar surface area (TPSA) is 33.3 Å². The number of rotatable bonds is 4. The summed E-state index contributed by atoms with van der Waals surface area (Å²) in [7, 11) is 0. The summed E-state index contributed by atoms with van der Waals surface area (Å²) < 4.78 is 0. The fourth-order valence-corrected chi connectivity index (χ4v) is 2.76. The van der Waals surface area contributed by atoms with Crippen molar-refractivity contribution in [1.82, 2.24) is 0 Å². The molecule has 112 valence electrons. The summed E-state index contributed by atoms with van der Waals surface area (Å²) in [4.78, 5) is 5.52. The number of nitrogens with one attached hydrogen (secondary N) is 2. The Morgan fingerprint density at radius 3 is 1.43 bits per heavy atom. The van der Waals surface area contributed by atoms with E-state index in [2.05, 4.69) is 47.4 Å². The lowest BCUT2D eigenvalue weighted by Crippen LogP contribution is -2.08. The van der Waals surface area contributed by atoms with Gasteiger partial charge in [0.1, 0.15) is 0 Å². The fourth-order valence-electron chi connectivity index (χ4n) is 2.76. The maximum atomic E-state index is 5.52. The SMILES string of the molecule is c1ccc2c(NONc3cccc4ccccc34)cccc2c1. The maximum Gasteiger partial charge on any atom is 0.0707 e. The van der Waals surface area contributed by atoms with Gasteiger partial charge in [-0.1, -0.05) is 72.8 Å². The molecule has 0 unspecified atom stereocenters. The molecule has 0 heterocycles. The molecule has 0 amide bonds. The van der Waals surface area contributed by atoms with Crippen molar-refractivity contribution in [3.05, 3.63) is 84.9 Å². The van der Waals surface area contributed by atoms with E-state index in [1.54, 1.807) is 0 Å². The van der Waals surface area contributed by atoms with Crippen LogP contribution in [0.2, 0.25) is 0 Å². The maximum absolute atomic E-state index is 5.52. The summed E-state index contributed by atoms with van der Waals surface area (Å²) in [5.41, 5.74) is 7.83. The summed E-state index contributed by atoms with van der Waals surface area (Å²) in [5.74, 6) is 0. The molecular formula is C20H16N2O. The Kier molecular flexibility index (Phi) is 3.54. The first-order valence-electron chi connectivity index (χ1n) is 7.55. The van der Waals surface area contributed by atoms with Gasteiger partial charge in [-0.3, -0.25) is 0 Å². The van der Waals surface area contributed by atoms with Gasteiger partial charge in [0.25, 0.3) is 0 Å². The van der Waals surface area contributed by atoms with Gasteiger partial charge in [0, 0.05) is 10.8 Å². The van der Waals surface area contributed by atoms with Crippen LogP contribution >= 0.6 is 0 Å². The average Bonchev–Trinajstić information content (AvgIpc) is 2.62. The van der Waals surface area contributed by atoms with Crippen LogP contribution in [0.4, 0.5) is 11.4 Å². The highest BCUT2D eigenvalue weighted by molar-refractivity contribution is 5.94. The van der Waals surface area contributed by atoms with Crippen LogP contribution in [0.3, 0.4) is 0 Å². The van der Waals surface area contributed by atoms with Crippen molar-refractivity contribution in [3.63, 3.8) is 0 Å². The second-order valence-electron chi connectivity index (χ2n) is 5.36. The van der Waals surface area contributed by atoms with Crippen LogP contribution in [-0.4, -0.2) is 0 Å². The number of hydrogen-bond acceptors (Lipinski definition) is 3. The molecule has 23 heavy (non-hydrogen) atoms. The Labute approximate surface area is 134 Å². The Hall–Kier alpha value is -3.04. The standard InChI is InChI=1S/C20H16N2O/c1-3-11-17-15(7-1)9-5-13-19(17)21-23-22-20-14-6-10-16-8-2-4-12-18(16)20/h1-14,21-22H. The normalized spacial score (nSPS) is 10.8. The molecule has 0 aliphatic carbocycles. The zero-order valence-corrected chi connectivity index (χ0v) is 12.5. The van der Waals surface area contributed by atoms with Crippen molar-refractivity contribution in [2.24, 2.45) is 0 Å². The zero-order valence-electron chi connectivity index (χ0n) is 12.5. The van der Waals surface area contributed by atoms with Gasteiger partial charge in [0.15, 0.2) is 0 Å². The van der Waals surface area contributed by atoms with Gasteiger partial charge in [0.2, 0.25) is 0 Å². The number of anilines is 2. The van der Waals surface area contributed by atoms with Crippen LogP contribution in [0.15, 0.2) is 84.9 Å². The molecule has 0 aromatic heterocycles. The van der Waals surface area contributed by atoms with Crippen molar-refractivity contribution in [2.45, 2.75) is 0 Å². The molecule has 2 N–H and O–H groups in total. The lowest BCUT2D eigenvalue weighted by molar-refractivity contribution is 0.266. The number of benzene rings is 4. The first-order valence-corrected chi connectivity index (χ1v) is 7.55. The molecule has 3 nitrogen and oxygen atoms in total. The third-order valence-corrected chi connectivity index (χ3v) is 3.90. The summed E-state index contributed by atoms with van der Waals surface area (Å²) in [6, 6.07) is 28.6. The van der Waals surface area contributed by atoms with Crippen LogP contribution in [0, 0.1) is 0 Å². The van der Waals surface area contributed by atoms with Crippen LogP contribution in [0.5, 0.6) is 0 Å². The second kappa shape index (κ2) is 5.99. The molecule has 4 aromatic carbocycles. The molecule has 4 aromatic rings. The Balaban J connectivity index is 1.55. The largest absolute Gasteiger partial charge is 0.242 e. The highest BCUT2D eigenvalue weighted by Crippen LogP contribution is 2.25. The minimum atomic E-state index is 0.927. The fraction of sp³-hybridized carbons (Fsp3) is 0. The van der Waals surface area contributed by atoms with Gasteiger partial charge in [-0.25, -0.2) is 11.0 Å². The summed E-state index contributed by atoms with van der Waals surface area (Å²) in [6.45, 7) is 0. The first-order chi connectivity index (χ1) is 11.4. The van der Waals surface area contributed by atoms with E-state index in [0.717, 1.165) is 22.1 Å². The third-order valence-electron chi connectivity index (χ3n) is 3.90. The van der Waals surface area contributed by atoms with E-state index in [1.165, 1.54) is 10.8 Å². The molecule has 0 radical (unpaired) electrons. The van der Waals surface area contributed by atoms with Crippen molar-refractivity contribution >= 4 is 32.9 Å². The monoisotopic (exact) mass is 300 g/mol. The van der Waals surface area contributed by atoms with E-state index in [4.69, 9.17) is 4.94 Å². The molecule has 0 fully saturated rings. The first kappa shape index (κ1) is 13.6. The second-order valence-corrected chi connectivity index (χ2v) is 5.36. The Morgan fingerprint density at radius 2 is 0.913 bits per heavy atom. The van der Waals surface area contributed by atoms with Crippen molar-refractivity contribution in [3.8, 4) is 0 Å². The van der Waals surface area contributed by atoms with E-state index in [1.807, 2.05) is 48.5 Å². The zero-order chi connectivity index (χ0) is 15.5. The summed E-state index contributed by atoms with van der Waals surface area (Å²) in [6.07, 6.45) is 0. The minimum absolute atomic E-state index is 0.927. The van der Waals surface area contributed by atoms with Gasteiger partial charge in [-0.05, 0) is 22.9 Å². The predicted octanol–water partition coefficient (Wildman–Crippen LogP) is 5.36. The smallest absolute Gasteiger partial charge is 0.0707 e. The van der Waals surface area contributed by atoms with Crippen LogP contribution < -0.4 is 11.0 Å². The lowest BCUT2D eigenvalue weighted by atomic mass is 10.1. The van der Waals surface area contributed by atoms with Gasteiger partial charge >= 0.3 is 0 Å². The molecule has 0 saturated carbocycles. The van der Waals surface area contributed by atoms with Gasteiger partial charge in [-0.2, -0.15) is 4.94 Å². The quantitative estimate of drug-likeness (QED) is 0.497. The van der Waals surface area contributed by atoms with Crippen molar-refractivity contribution in [1.29, 1.82) is 0 Å². The van der Waals surface area contributed by atoms with Crippen LogP contribution in [0.1, 0.15) is 0 Å². The van der Waals surface area contributed by atoms with Crippen molar-refractivity contribution in [2.75, 3.05) is 11.0 Å². The van der Waals surface area contributed by atoms with E-state index >= 15 is 0 Å². The van der Waals surface area contributed by atoms with Gasteiger partial charge in [0.05, 0.1) is 11.4 Å². The molecule has 4 rings (SSSR count). The molecular weight excluding hydrogens is 284 g/mol. The predicted molar refractivity (Wildman–Crippen MR) is 96.2 cm³/mol. The van der Waals surface area contributed by atoms with Crippen LogP contribution in [0.25, 0.3) is 21.5 Å². The van der Waals surface area contributed by atoms with E-state index in [0.29, 0.717) is 0 Å². The Morgan fingerprint density at radius 1 is 0.478 bits per heavy atom. The van der Waals surface area contributed by atoms with Gasteiger partial charge < -0.3 is 0 Å². The molecule has 0 saturated heterocycles. The summed E-state index contributed by atoms with van der Waals surface area (Å²) in [5, 5.41) is 4.59. The van der Waals surface area contributed by atoms with E-state index in [9.17, 15) is 0 Å². The molecule has 3 heteroatoms. The number of fused-ring (bicyclic) bond motifs is 2. The molecule has 0 aliphatic rings. The van der Waals surface area contributed by atoms with E-state index in [-0.39, 0.29) is 0 Å². The molecule has 0 bridgehead atoms. The average molecular weight is 300 g/mol. The summed E-state index contributed by atoms with van der Waals surface area (Å²) >= 11 is 0. The van der Waals surface area contributed by atoms with Crippen molar-refractivity contribution < 1.29 is 4.94 Å². The van der Waals surface area contributed by atoms with Crippen LogP contribution in [-0.2, 0) is 4.94 Å². The highest BCUT2D eigenvalue weighted by atomic mass is 16.8. The highest BCUT2D eigenvalue weighted by Gasteiger charge is 2.02. The number of hydrogen-bond donors (Lipinski definition) is 2. The Bertz CT molecular complexity index is 876.